The van der Waals surface area contributed by atoms with Crippen molar-refractivity contribution < 1.29 is 22.3 Å². The second kappa shape index (κ2) is 4.80. The topological polar surface area (TPSA) is 86.5 Å². The summed E-state index contributed by atoms with van der Waals surface area (Å²) >= 11 is 0. The zero-order chi connectivity index (χ0) is 13.2. The maximum absolute atomic E-state index is 13.4. The van der Waals surface area contributed by atoms with Crippen molar-refractivity contribution in [1.82, 2.24) is 0 Å². The molecule has 2 N–H and O–H groups in total. The van der Waals surface area contributed by atoms with Crippen LogP contribution in [0.5, 0.6) is 0 Å². The van der Waals surface area contributed by atoms with Gasteiger partial charge in [0.1, 0.15) is 10.7 Å². The minimum absolute atomic E-state index is 0.0164. The first-order chi connectivity index (χ1) is 7.77. The van der Waals surface area contributed by atoms with E-state index >= 15 is 0 Å². The molecule has 0 aliphatic carbocycles. The lowest BCUT2D eigenvalue weighted by atomic mass is 10.1. The van der Waals surface area contributed by atoms with E-state index in [4.69, 9.17) is 9.88 Å². The highest BCUT2D eigenvalue weighted by atomic mass is 32.2. The molecule has 0 aliphatic heterocycles. The summed E-state index contributed by atoms with van der Waals surface area (Å²) in [6.45, 7) is 3.22. The summed E-state index contributed by atoms with van der Waals surface area (Å²) in [6, 6.07) is 1.82. The van der Waals surface area contributed by atoms with E-state index < -0.39 is 26.7 Å². The predicted octanol–water partition coefficient (Wildman–Crippen LogP) is 0.958. The highest BCUT2D eigenvalue weighted by Crippen LogP contribution is 2.19. The minimum Gasteiger partial charge on any atom is -0.462 e. The van der Waals surface area contributed by atoms with E-state index in [1.54, 1.807) is 6.92 Å². The van der Waals surface area contributed by atoms with Crippen molar-refractivity contribution in [2.24, 2.45) is 5.14 Å². The molecule has 1 aromatic rings. The molecule has 0 unspecified atom stereocenters. The normalized spacial score (nSPS) is 11.3. The Kier molecular flexibility index (Phi) is 3.84. The van der Waals surface area contributed by atoms with Gasteiger partial charge in [0.05, 0.1) is 12.2 Å². The number of halogens is 1. The van der Waals surface area contributed by atoms with Crippen molar-refractivity contribution in [2.75, 3.05) is 6.61 Å². The first kappa shape index (κ1) is 13.6. The highest BCUT2D eigenvalue weighted by Gasteiger charge is 2.20. The monoisotopic (exact) mass is 261 g/mol. The van der Waals surface area contributed by atoms with Crippen LogP contribution in [0.2, 0.25) is 0 Å². The molecule has 0 saturated carbocycles. The smallest absolute Gasteiger partial charge is 0.338 e. The van der Waals surface area contributed by atoms with E-state index in [0.29, 0.717) is 0 Å². The largest absolute Gasteiger partial charge is 0.462 e. The maximum Gasteiger partial charge on any atom is 0.338 e. The van der Waals surface area contributed by atoms with E-state index in [1.165, 1.54) is 6.92 Å². The van der Waals surface area contributed by atoms with Crippen molar-refractivity contribution in [3.05, 3.63) is 29.1 Å². The van der Waals surface area contributed by atoms with Gasteiger partial charge in [-0.1, -0.05) is 0 Å². The van der Waals surface area contributed by atoms with E-state index in [9.17, 15) is 17.6 Å². The number of sulfonamides is 1. The molecule has 94 valence electrons. The van der Waals surface area contributed by atoms with Crippen LogP contribution in [0, 0.1) is 12.7 Å². The Morgan fingerprint density at radius 1 is 1.47 bits per heavy atom. The molecular formula is C10H12FNO4S. The number of carbonyl (C=O) groups excluding carboxylic acids is 1. The number of benzene rings is 1. The van der Waals surface area contributed by atoms with Gasteiger partial charge >= 0.3 is 5.97 Å². The van der Waals surface area contributed by atoms with Crippen molar-refractivity contribution >= 4 is 16.0 Å². The van der Waals surface area contributed by atoms with Crippen LogP contribution in [-0.4, -0.2) is 21.0 Å². The van der Waals surface area contributed by atoms with Crippen LogP contribution in [0.4, 0.5) is 4.39 Å². The second-order valence-electron chi connectivity index (χ2n) is 3.36. The molecule has 1 aromatic carbocycles. The summed E-state index contributed by atoms with van der Waals surface area (Å²) in [5.41, 5.74) is 0.269. The average Bonchev–Trinajstić information content (AvgIpc) is 2.15. The van der Waals surface area contributed by atoms with Gasteiger partial charge < -0.3 is 4.74 Å². The summed E-state index contributed by atoms with van der Waals surface area (Å²) < 4.78 is 40.3. The fourth-order valence-corrected chi connectivity index (χ4v) is 1.91. The van der Waals surface area contributed by atoms with Crippen LogP contribution in [0.15, 0.2) is 17.0 Å². The summed E-state index contributed by atoms with van der Waals surface area (Å²) in [7, 11) is -4.20. The SMILES string of the molecule is CCOC(=O)c1cc(S(N)(=O)=O)c(F)cc1C. The number of aryl methyl sites for hydroxylation is 1. The van der Waals surface area contributed by atoms with Gasteiger partial charge in [-0.05, 0) is 31.5 Å². The zero-order valence-electron chi connectivity index (χ0n) is 9.36. The molecule has 0 atom stereocenters. The minimum atomic E-state index is -4.20. The number of hydrogen-bond acceptors (Lipinski definition) is 4. The molecule has 0 spiro atoms. The lowest BCUT2D eigenvalue weighted by molar-refractivity contribution is 0.0525. The van der Waals surface area contributed by atoms with Crippen LogP contribution in [-0.2, 0) is 14.8 Å². The second-order valence-corrected chi connectivity index (χ2v) is 4.89. The Hall–Kier alpha value is -1.47. The van der Waals surface area contributed by atoms with Gasteiger partial charge in [-0.3, -0.25) is 0 Å². The van der Waals surface area contributed by atoms with Gasteiger partial charge in [0.2, 0.25) is 10.0 Å². The molecule has 0 fully saturated rings. The molecule has 0 heterocycles. The van der Waals surface area contributed by atoms with Crippen molar-refractivity contribution in [3.8, 4) is 0 Å². The zero-order valence-corrected chi connectivity index (χ0v) is 10.2. The molecule has 0 radical (unpaired) electrons. The lowest BCUT2D eigenvalue weighted by Gasteiger charge is -2.08. The molecule has 0 aromatic heterocycles. The third-order valence-electron chi connectivity index (χ3n) is 2.08. The summed E-state index contributed by atoms with van der Waals surface area (Å²) in [5.74, 6) is -1.70. The van der Waals surface area contributed by atoms with Crippen LogP contribution in [0.1, 0.15) is 22.8 Å². The Labute approximate surface area is 98.4 Å². The fraction of sp³-hybridized carbons (Fsp3) is 0.300. The summed E-state index contributed by atoms with van der Waals surface area (Å²) in [6.07, 6.45) is 0. The first-order valence-corrected chi connectivity index (χ1v) is 6.32. The third kappa shape index (κ3) is 3.01. The van der Waals surface area contributed by atoms with Crippen LogP contribution in [0.3, 0.4) is 0 Å². The number of hydrogen-bond donors (Lipinski definition) is 1. The van der Waals surface area contributed by atoms with Gasteiger partial charge in [-0.15, -0.1) is 0 Å². The van der Waals surface area contributed by atoms with E-state index in [1.807, 2.05) is 0 Å². The van der Waals surface area contributed by atoms with Gasteiger partial charge in [0.15, 0.2) is 0 Å². The van der Waals surface area contributed by atoms with E-state index in [0.717, 1.165) is 12.1 Å². The van der Waals surface area contributed by atoms with Gasteiger partial charge in [0.25, 0.3) is 0 Å². The standard InChI is InChI=1S/C10H12FNO4S/c1-3-16-10(13)7-5-9(17(12,14)15)8(11)4-6(7)2/h4-5H,3H2,1-2H3,(H2,12,14,15). The number of rotatable bonds is 3. The quantitative estimate of drug-likeness (QED) is 0.821. The number of ether oxygens (including phenoxy) is 1. The molecule has 5 nitrogen and oxygen atoms in total. The van der Waals surface area contributed by atoms with E-state index in [-0.39, 0.29) is 17.7 Å². The molecule has 0 bridgehead atoms. The molecule has 7 heteroatoms. The molecule has 0 aliphatic rings. The summed E-state index contributed by atoms with van der Waals surface area (Å²) in [4.78, 5) is 10.8. The van der Waals surface area contributed by atoms with Crippen LogP contribution in [0.25, 0.3) is 0 Å². The van der Waals surface area contributed by atoms with Gasteiger partial charge in [-0.25, -0.2) is 22.7 Å². The van der Waals surface area contributed by atoms with Crippen molar-refractivity contribution in [2.45, 2.75) is 18.7 Å². The highest BCUT2D eigenvalue weighted by molar-refractivity contribution is 7.89. The number of nitrogens with two attached hydrogens (primary N) is 1. The first-order valence-electron chi connectivity index (χ1n) is 4.77. The third-order valence-corrected chi connectivity index (χ3v) is 3.01. The molecule has 1 rings (SSSR count). The van der Waals surface area contributed by atoms with Crippen LogP contribution < -0.4 is 5.14 Å². The molecular weight excluding hydrogens is 249 g/mol. The Bertz CT molecular complexity index is 554. The Balaban J connectivity index is 3.39. The summed E-state index contributed by atoms with van der Waals surface area (Å²) in [5, 5.41) is 4.83. The Morgan fingerprint density at radius 3 is 2.53 bits per heavy atom. The average molecular weight is 261 g/mol. The van der Waals surface area contributed by atoms with Gasteiger partial charge in [-0.2, -0.15) is 0 Å². The van der Waals surface area contributed by atoms with E-state index in [2.05, 4.69) is 0 Å². The maximum atomic E-state index is 13.4. The van der Waals surface area contributed by atoms with Crippen LogP contribution >= 0.6 is 0 Å². The number of carbonyl (C=O) groups is 1. The Morgan fingerprint density at radius 2 is 2.06 bits per heavy atom. The van der Waals surface area contributed by atoms with Crippen molar-refractivity contribution in [3.63, 3.8) is 0 Å². The van der Waals surface area contributed by atoms with Gasteiger partial charge in [0, 0.05) is 0 Å². The fourth-order valence-electron chi connectivity index (χ4n) is 1.30. The number of esters is 1. The molecule has 0 amide bonds. The molecule has 17 heavy (non-hydrogen) atoms. The molecule has 0 saturated heterocycles. The predicted molar refractivity (Wildman–Crippen MR) is 58.5 cm³/mol. The lowest BCUT2D eigenvalue weighted by Crippen LogP contribution is -2.16. The van der Waals surface area contributed by atoms with Crippen molar-refractivity contribution in [1.29, 1.82) is 0 Å². The number of primary sulfonamides is 1.